The van der Waals surface area contributed by atoms with E-state index in [1.165, 1.54) is 0 Å². The SMILES string of the molecule is CCCC(CBr)(CCC)CS(=O)(=O)c1cccc(OC)c1. The van der Waals surface area contributed by atoms with Crippen LogP contribution in [0.25, 0.3) is 0 Å². The summed E-state index contributed by atoms with van der Waals surface area (Å²) in [6, 6.07) is 6.73. The highest BCUT2D eigenvalue weighted by Crippen LogP contribution is 2.35. The Morgan fingerprint density at radius 3 is 2.29 bits per heavy atom. The van der Waals surface area contributed by atoms with Crippen molar-refractivity contribution in [3.8, 4) is 5.75 Å². The second-order valence-corrected chi connectivity index (χ2v) is 8.12. The Morgan fingerprint density at radius 2 is 1.81 bits per heavy atom. The molecule has 0 amide bonds. The van der Waals surface area contributed by atoms with E-state index < -0.39 is 9.84 Å². The van der Waals surface area contributed by atoms with Crippen LogP contribution in [0.3, 0.4) is 0 Å². The molecular weight excluding hydrogens is 352 g/mol. The van der Waals surface area contributed by atoms with Crippen LogP contribution >= 0.6 is 15.9 Å². The Labute approximate surface area is 137 Å². The van der Waals surface area contributed by atoms with Gasteiger partial charge in [-0.3, -0.25) is 0 Å². The maximum atomic E-state index is 12.7. The topological polar surface area (TPSA) is 43.4 Å². The van der Waals surface area contributed by atoms with Gasteiger partial charge in [-0.25, -0.2) is 8.42 Å². The Kier molecular flexibility index (Phi) is 7.21. The molecule has 0 spiro atoms. The molecule has 0 aliphatic rings. The van der Waals surface area contributed by atoms with E-state index in [1.54, 1.807) is 31.4 Å². The molecule has 0 unspecified atom stereocenters. The van der Waals surface area contributed by atoms with Crippen molar-refractivity contribution in [2.45, 2.75) is 44.4 Å². The first-order chi connectivity index (χ1) is 9.93. The molecule has 1 rings (SSSR count). The van der Waals surface area contributed by atoms with Gasteiger partial charge in [-0.05, 0) is 36.5 Å². The van der Waals surface area contributed by atoms with Crippen LogP contribution in [0.2, 0.25) is 0 Å². The third kappa shape index (κ3) is 4.99. The van der Waals surface area contributed by atoms with Gasteiger partial charge < -0.3 is 4.74 Å². The molecule has 120 valence electrons. The number of alkyl halides is 1. The number of hydrogen-bond acceptors (Lipinski definition) is 3. The van der Waals surface area contributed by atoms with E-state index in [9.17, 15) is 8.42 Å². The first kappa shape index (κ1) is 18.5. The van der Waals surface area contributed by atoms with Crippen LogP contribution in [0.5, 0.6) is 5.75 Å². The Bertz CT molecular complexity index is 534. The quantitative estimate of drug-likeness (QED) is 0.597. The molecule has 21 heavy (non-hydrogen) atoms. The highest BCUT2D eigenvalue weighted by atomic mass is 79.9. The van der Waals surface area contributed by atoms with E-state index in [-0.39, 0.29) is 11.2 Å². The minimum absolute atomic E-state index is 0.181. The van der Waals surface area contributed by atoms with Gasteiger partial charge in [0.15, 0.2) is 9.84 Å². The lowest BCUT2D eigenvalue weighted by Gasteiger charge is -2.31. The molecule has 1 aromatic carbocycles. The first-order valence-electron chi connectivity index (χ1n) is 7.36. The summed E-state index contributed by atoms with van der Waals surface area (Å²) in [5.74, 6) is 0.756. The van der Waals surface area contributed by atoms with E-state index in [0.29, 0.717) is 16.0 Å². The third-order valence-corrected chi connectivity index (χ3v) is 6.89. The molecule has 0 aliphatic carbocycles. The molecule has 0 atom stereocenters. The summed E-state index contributed by atoms with van der Waals surface area (Å²) in [4.78, 5) is 0.347. The predicted octanol–water partition coefficient (Wildman–Crippen LogP) is 4.45. The summed E-state index contributed by atoms with van der Waals surface area (Å²) in [5.41, 5.74) is -0.189. The lowest BCUT2D eigenvalue weighted by molar-refractivity contribution is 0.314. The van der Waals surface area contributed by atoms with Crippen molar-refractivity contribution in [3.05, 3.63) is 24.3 Å². The molecule has 0 fully saturated rings. The average molecular weight is 377 g/mol. The monoisotopic (exact) mass is 376 g/mol. The van der Waals surface area contributed by atoms with Gasteiger partial charge in [0.05, 0.1) is 17.8 Å². The van der Waals surface area contributed by atoms with Crippen molar-refractivity contribution >= 4 is 25.8 Å². The number of sulfone groups is 1. The minimum Gasteiger partial charge on any atom is -0.497 e. The van der Waals surface area contributed by atoms with Crippen LogP contribution in [-0.2, 0) is 9.84 Å². The molecule has 0 saturated heterocycles. The molecule has 0 heterocycles. The molecule has 0 saturated carbocycles. The summed E-state index contributed by atoms with van der Waals surface area (Å²) in [6.45, 7) is 4.20. The van der Waals surface area contributed by atoms with Crippen LogP contribution in [0.15, 0.2) is 29.2 Å². The number of benzene rings is 1. The molecule has 5 heteroatoms. The Balaban J connectivity index is 3.10. The van der Waals surface area contributed by atoms with Crippen molar-refractivity contribution in [1.29, 1.82) is 0 Å². The summed E-state index contributed by atoms with van der Waals surface area (Å²) >= 11 is 3.54. The highest BCUT2D eigenvalue weighted by Gasteiger charge is 2.34. The van der Waals surface area contributed by atoms with Crippen molar-refractivity contribution in [1.82, 2.24) is 0 Å². The normalized spacial score (nSPS) is 12.4. The van der Waals surface area contributed by atoms with Gasteiger partial charge in [-0.15, -0.1) is 0 Å². The van der Waals surface area contributed by atoms with E-state index in [4.69, 9.17) is 4.74 Å². The largest absolute Gasteiger partial charge is 0.497 e. The lowest BCUT2D eigenvalue weighted by Crippen LogP contribution is -2.32. The van der Waals surface area contributed by atoms with Gasteiger partial charge in [-0.2, -0.15) is 0 Å². The summed E-state index contributed by atoms with van der Waals surface area (Å²) < 4.78 is 30.6. The van der Waals surface area contributed by atoms with Crippen molar-refractivity contribution in [2.24, 2.45) is 5.41 Å². The fraction of sp³-hybridized carbons (Fsp3) is 0.625. The van der Waals surface area contributed by atoms with E-state index in [2.05, 4.69) is 29.8 Å². The smallest absolute Gasteiger partial charge is 0.179 e. The zero-order valence-electron chi connectivity index (χ0n) is 13.1. The molecule has 0 bridgehead atoms. The maximum Gasteiger partial charge on any atom is 0.179 e. The van der Waals surface area contributed by atoms with Crippen LogP contribution in [0.4, 0.5) is 0 Å². The van der Waals surface area contributed by atoms with Crippen LogP contribution in [-0.4, -0.2) is 26.6 Å². The molecule has 0 radical (unpaired) electrons. The first-order valence-corrected chi connectivity index (χ1v) is 10.1. The number of hydrogen-bond donors (Lipinski definition) is 0. The van der Waals surface area contributed by atoms with Crippen molar-refractivity contribution in [2.75, 3.05) is 18.2 Å². The fourth-order valence-electron chi connectivity index (χ4n) is 2.78. The van der Waals surface area contributed by atoms with Gasteiger partial charge in [-0.1, -0.05) is 48.7 Å². The van der Waals surface area contributed by atoms with Gasteiger partial charge in [0.25, 0.3) is 0 Å². The average Bonchev–Trinajstić information content (AvgIpc) is 2.47. The second-order valence-electron chi connectivity index (χ2n) is 5.57. The van der Waals surface area contributed by atoms with Gasteiger partial charge in [0.2, 0.25) is 0 Å². The van der Waals surface area contributed by atoms with E-state index in [1.807, 2.05) is 0 Å². The zero-order valence-corrected chi connectivity index (χ0v) is 15.5. The summed E-state index contributed by atoms with van der Waals surface area (Å²) in [6.07, 6.45) is 3.79. The van der Waals surface area contributed by atoms with Crippen molar-refractivity contribution < 1.29 is 13.2 Å². The standard InChI is InChI=1S/C16H25BrO3S/c1-4-9-16(12-17,10-5-2)13-21(18,19)15-8-6-7-14(11-15)20-3/h6-8,11H,4-5,9-10,12-13H2,1-3H3. The Morgan fingerprint density at radius 1 is 1.19 bits per heavy atom. The van der Waals surface area contributed by atoms with E-state index in [0.717, 1.165) is 25.7 Å². The molecule has 0 aromatic heterocycles. The number of halogens is 1. The number of ether oxygens (including phenoxy) is 1. The van der Waals surface area contributed by atoms with E-state index >= 15 is 0 Å². The molecule has 0 N–H and O–H groups in total. The van der Waals surface area contributed by atoms with Gasteiger partial charge in [0.1, 0.15) is 5.75 Å². The number of rotatable bonds is 9. The number of methoxy groups -OCH3 is 1. The van der Waals surface area contributed by atoms with Crippen LogP contribution < -0.4 is 4.74 Å². The summed E-state index contributed by atoms with van der Waals surface area (Å²) in [7, 11) is -1.77. The van der Waals surface area contributed by atoms with Gasteiger partial charge in [0, 0.05) is 5.33 Å². The molecule has 3 nitrogen and oxygen atoms in total. The van der Waals surface area contributed by atoms with Crippen LogP contribution in [0, 0.1) is 5.41 Å². The molecule has 0 aliphatic heterocycles. The Hall–Kier alpha value is -0.550. The van der Waals surface area contributed by atoms with Gasteiger partial charge >= 0.3 is 0 Å². The maximum absolute atomic E-state index is 12.7. The molecular formula is C16H25BrO3S. The van der Waals surface area contributed by atoms with Crippen LogP contribution in [0.1, 0.15) is 39.5 Å². The minimum atomic E-state index is -3.32. The summed E-state index contributed by atoms with van der Waals surface area (Å²) in [5, 5.41) is 0.713. The predicted molar refractivity (Wildman–Crippen MR) is 91.1 cm³/mol. The second kappa shape index (κ2) is 8.18. The fourth-order valence-corrected chi connectivity index (χ4v) is 5.75. The zero-order chi connectivity index (χ0) is 15.9. The highest BCUT2D eigenvalue weighted by molar-refractivity contribution is 9.09. The lowest BCUT2D eigenvalue weighted by atomic mass is 9.83. The van der Waals surface area contributed by atoms with Crippen molar-refractivity contribution in [3.63, 3.8) is 0 Å². The molecule has 1 aromatic rings. The third-order valence-electron chi connectivity index (χ3n) is 3.74.